The largest absolute Gasteiger partial charge is 0.304 e. The number of carbonyl (C=O) groups excluding carboxylic acids is 1. The molecule has 11 heteroatoms. The molecule has 0 bridgehead atoms. The number of carbonyl (C=O) groups is 1. The number of nitrogens with one attached hydrogen (secondary N) is 1. The minimum atomic E-state index is -3.92. The van der Waals surface area contributed by atoms with E-state index in [9.17, 15) is 13.2 Å². The van der Waals surface area contributed by atoms with Crippen LogP contribution < -0.4 is 4.72 Å². The maximum Gasteiger partial charge on any atom is 0.304 e. The molecule has 0 spiro atoms. The fourth-order valence-electron chi connectivity index (χ4n) is 2.53. The molecule has 1 amide bonds. The first-order valence-electron chi connectivity index (χ1n) is 8.54. The lowest BCUT2D eigenvalue weighted by Gasteiger charge is -2.18. The van der Waals surface area contributed by atoms with Crippen molar-refractivity contribution in [1.29, 1.82) is 0 Å². The molecule has 0 aliphatic rings. The highest BCUT2D eigenvalue weighted by atomic mass is 32.2. The van der Waals surface area contributed by atoms with Crippen LogP contribution in [-0.2, 0) is 10.2 Å². The van der Waals surface area contributed by atoms with Crippen molar-refractivity contribution in [2.24, 2.45) is 0 Å². The molecule has 3 aromatic heterocycles. The molecule has 0 radical (unpaired) electrons. The highest BCUT2D eigenvalue weighted by Gasteiger charge is 2.23. The standard InChI is InChI=1S/C17H19N7O3S/c1-3-23(4-2)28(26,27)22-17(25)16-7-5-6-15(21-16)13-8-20-24(11-13)14-9-18-12-19-10-14/h5-12H,3-4H2,1-2H3,(H,22,25). The summed E-state index contributed by atoms with van der Waals surface area (Å²) in [5.41, 5.74) is 1.80. The van der Waals surface area contributed by atoms with Crippen LogP contribution in [0.1, 0.15) is 24.3 Å². The predicted molar refractivity (Wildman–Crippen MR) is 102 cm³/mol. The summed E-state index contributed by atoms with van der Waals surface area (Å²) < 4.78 is 29.2. The number of rotatable bonds is 7. The topological polar surface area (TPSA) is 123 Å². The Labute approximate surface area is 162 Å². The van der Waals surface area contributed by atoms with Gasteiger partial charge in [0, 0.05) is 24.8 Å². The summed E-state index contributed by atoms with van der Waals surface area (Å²) in [5.74, 6) is -0.794. The Morgan fingerprint density at radius 2 is 1.86 bits per heavy atom. The van der Waals surface area contributed by atoms with Crippen molar-refractivity contribution in [1.82, 2.24) is 33.8 Å². The number of pyridine rings is 1. The van der Waals surface area contributed by atoms with Crippen LogP contribution in [0.5, 0.6) is 0 Å². The van der Waals surface area contributed by atoms with E-state index in [1.54, 1.807) is 55.4 Å². The second-order valence-corrected chi connectivity index (χ2v) is 7.37. The summed E-state index contributed by atoms with van der Waals surface area (Å²) in [4.78, 5) is 24.5. The van der Waals surface area contributed by atoms with Gasteiger partial charge in [0.25, 0.3) is 5.91 Å². The maximum atomic E-state index is 12.4. The Morgan fingerprint density at radius 3 is 2.54 bits per heavy atom. The number of hydrogen-bond donors (Lipinski definition) is 1. The van der Waals surface area contributed by atoms with Gasteiger partial charge in [0.05, 0.1) is 24.3 Å². The summed E-state index contributed by atoms with van der Waals surface area (Å²) >= 11 is 0. The fraction of sp³-hybridized carbons (Fsp3) is 0.235. The van der Waals surface area contributed by atoms with E-state index in [1.807, 2.05) is 4.72 Å². The Hall–Kier alpha value is -3.18. The first-order chi connectivity index (χ1) is 13.4. The Balaban J connectivity index is 1.83. The summed E-state index contributed by atoms with van der Waals surface area (Å²) in [6, 6.07) is 4.79. The van der Waals surface area contributed by atoms with E-state index in [0.29, 0.717) is 16.9 Å². The molecule has 28 heavy (non-hydrogen) atoms. The van der Waals surface area contributed by atoms with Crippen molar-refractivity contribution < 1.29 is 13.2 Å². The van der Waals surface area contributed by atoms with Crippen molar-refractivity contribution in [3.8, 4) is 16.9 Å². The average Bonchev–Trinajstić information content (AvgIpc) is 3.19. The summed E-state index contributed by atoms with van der Waals surface area (Å²) in [6.07, 6.45) is 7.95. The van der Waals surface area contributed by atoms with Gasteiger partial charge in [0.15, 0.2) is 0 Å². The monoisotopic (exact) mass is 401 g/mol. The van der Waals surface area contributed by atoms with Gasteiger partial charge in [-0.3, -0.25) is 4.79 Å². The molecule has 0 aliphatic carbocycles. The van der Waals surface area contributed by atoms with Crippen LogP contribution in [0.15, 0.2) is 49.3 Å². The zero-order valence-electron chi connectivity index (χ0n) is 15.3. The van der Waals surface area contributed by atoms with Gasteiger partial charge < -0.3 is 0 Å². The Bertz CT molecular complexity index is 1060. The van der Waals surface area contributed by atoms with Crippen LogP contribution >= 0.6 is 0 Å². The van der Waals surface area contributed by atoms with Crippen LogP contribution in [-0.4, -0.2) is 56.5 Å². The molecule has 3 heterocycles. The van der Waals surface area contributed by atoms with Crippen LogP contribution in [0.2, 0.25) is 0 Å². The average molecular weight is 401 g/mol. The molecule has 3 aromatic rings. The lowest BCUT2D eigenvalue weighted by molar-refractivity contribution is 0.0974. The molecule has 0 saturated heterocycles. The van der Waals surface area contributed by atoms with Crippen molar-refractivity contribution in [3.05, 3.63) is 55.0 Å². The van der Waals surface area contributed by atoms with Crippen molar-refractivity contribution in [3.63, 3.8) is 0 Å². The second kappa shape index (κ2) is 8.23. The molecule has 0 aliphatic heterocycles. The third-order valence-corrected chi connectivity index (χ3v) is 5.58. The smallest absolute Gasteiger partial charge is 0.266 e. The van der Waals surface area contributed by atoms with Crippen LogP contribution in [0.25, 0.3) is 16.9 Å². The lowest BCUT2D eigenvalue weighted by atomic mass is 10.2. The third kappa shape index (κ3) is 4.21. The molecule has 0 atom stereocenters. The zero-order valence-corrected chi connectivity index (χ0v) is 16.2. The highest BCUT2D eigenvalue weighted by Crippen LogP contribution is 2.18. The van der Waals surface area contributed by atoms with Crippen LogP contribution in [0.3, 0.4) is 0 Å². The van der Waals surface area contributed by atoms with E-state index in [4.69, 9.17) is 0 Å². The molecule has 3 rings (SSSR count). The molecule has 0 unspecified atom stereocenters. The minimum Gasteiger partial charge on any atom is -0.266 e. The third-order valence-electron chi connectivity index (χ3n) is 3.94. The molecular weight excluding hydrogens is 382 g/mol. The minimum absolute atomic E-state index is 0.0102. The molecular formula is C17H19N7O3S. The lowest BCUT2D eigenvalue weighted by Crippen LogP contribution is -2.43. The molecule has 1 N–H and O–H groups in total. The molecule has 0 saturated carbocycles. The van der Waals surface area contributed by atoms with Crippen LogP contribution in [0, 0.1) is 0 Å². The summed E-state index contributed by atoms with van der Waals surface area (Å²) in [5, 5.41) is 4.24. The number of amides is 1. The van der Waals surface area contributed by atoms with Gasteiger partial charge in [0.2, 0.25) is 0 Å². The maximum absolute atomic E-state index is 12.4. The number of hydrogen-bond acceptors (Lipinski definition) is 7. The van der Waals surface area contributed by atoms with Crippen molar-refractivity contribution in [2.45, 2.75) is 13.8 Å². The van der Waals surface area contributed by atoms with E-state index < -0.39 is 16.1 Å². The van der Waals surface area contributed by atoms with Gasteiger partial charge in [-0.2, -0.15) is 17.8 Å². The highest BCUT2D eigenvalue weighted by molar-refractivity contribution is 7.87. The molecule has 0 fully saturated rings. The van der Waals surface area contributed by atoms with E-state index in [0.717, 1.165) is 4.31 Å². The first kappa shape index (κ1) is 19.6. The first-order valence-corrected chi connectivity index (χ1v) is 9.98. The molecule has 0 aromatic carbocycles. The van der Waals surface area contributed by atoms with E-state index in [2.05, 4.69) is 20.1 Å². The Kier molecular flexibility index (Phi) is 5.76. The molecule has 146 valence electrons. The summed E-state index contributed by atoms with van der Waals surface area (Å²) in [6.45, 7) is 3.91. The van der Waals surface area contributed by atoms with Gasteiger partial charge >= 0.3 is 10.2 Å². The van der Waals surface area contributed by atoms with Crippen molar-refractivity contribution >= 4 is 16.1 Å². The van der Waals surface area contributed by atoms with Gasteiger partial charge in [-0.15, -0.1) is 0 Å². The normalized spacial score (nSPS) is 11.5. The van der Waals surface area contributed by atoms with E-state index in [-0.39, 0.29) is 18.8 Å². The van der Waals surface area contributed by atoms with E-state index in [1.165, 1.54) is 12.4 Å². The van der Waals surface area contributed by atoms with Gasteiger partial charge in [-0.25, -0.2) is 24.4 Å². The quantitative estimate of drug-likeness (QED) is 0.627. The fourth-order valence-corrected chi connectivity index (χ4v) is 3.67. The Morgan fingerprint density at radius 1 is 1.14 bits per heavy atom. The number of aromatic nitrogens is 5. The zero-order chi connectivity index (χ0) is 20.1. The predicted octanol–water partition coefficient (Wildman–Crippen LogP) is 1.04. The number of nitrogens with zero attached hydrogens (tertiary/aromatic N) is 6. The van der Waals surface area contributed by atoms with Crippen molar-refractivity contribution in [2.75, 3.05) is 13.1 Å². The summed E-state index contributed by atoms with van der Waals surface area (Å²) in [7, 11) is -3.92. The van der Waals surface area contributed by atoms with Crippen LogP contribution in [0.4, 0.5) is 0 Å². The van der Waals surface area contributed by atoms with E-state index >= 15 is 0 Å². The van der Waals surface area contributed by atoms with Gasteiger partial charge in [0.1, 0.15) is 17.7 Å². The second-order valence-electron chi connectivity index (χ2n) is 5.70. The van der Waals surface area contributed by atoms with Gasteiger partial charge in [-0.05, 0) is 12.1 Å². The molecule has 10 nitrogen and oxygen atoms in total. The van der Waals surface area contributed by atoms with Gasteiger partial charge in [-0.1, -0.05) is 19.9 Å². The SMILES string of the molecule is CCN(CC)S(=O)(=O)NC(=O)c1cccc(-c2cnn(-c3cncnc3)c2)n1.